The molecule has 6 heteroatoms. The average molecular weight is 243 g/mol. The molecule has 0 aromatic carbocycles. The molecule has 1 atom stereocenters. The maximum Gasteiger partial charge on any atom is 0.410 e. The Morgan fingerprint density at radius 1 is 1.53 bits per heavy atom. The predicted octanol–water partition coefficient (Wildman–Crippen LogP) is -0.201. The van der Waals surface area contributed by atoms with Crippen molar-refractivity contribution in [1.29, 1.82) is 0 Å². The number of nitrogens with one attached hydrogen (secondary N) is 2. The summed E-state index contributed by atoms with van der Waals surface area (Å²) in [6.07, 6.45) is -0.409. The average Bonchev–Trinajstić information content (AvgIpc) is 2.34. The lowest BCUT2D eigenvalue weighted by atomic mass is 10.2. The number of likely N-dealkylation sites (N-methyl/N-ethyl adjacent to an activating group) is 1. The molecule has 2 N–H and O–H groups in total. The summed E-state index contributed by atoms with van der Waals surface area (Å²) in [7, 11) is 1.56. The molecule has 0 saturated carbocycles. The van der Waals surface area contributed by atoms with Crippen LogP contribution in [0.25, 0.3) is 0 Å². The molecule has 0 aromatic heterocycles. The summed E-state index contributed by atoms with van der Waals surface area (Å²) in [4.78, 5) is 24.9. The van der Waals surface area contributed by atoms with Gasteiger partial charge in [-0.15, -0.1) is 0 Å². The summed E-state index contributed by atoms with van der Waals surface area (Å²) < 4.78 is 5.15. The summed E-state index contributed by atoms with van der Waals surface area (Å²) in [5.74, 6) is 0.124. The van der Waals surface area contributed by atoms with Gasteiger partial charge >= 0.3 is 6.09 Å². The molecule has 0 aliphatic carbocycles. The number of hydrogen-bond acceptors (Lipinski definition) is 4. The van der Waals surface area contributed by atoms with Crippen molar-refractivity contribution in [3.05, 3.63) is 0 Å². The van der Waals surface area contributed by atoms with Crippen LogP contribution in [0.5, 0.6) is 0 Å². The first-order valence-corrected chi connectivity index (χ1v) is 5.92. The van der Waals surface area contributed by atoms with Gasteiger partial charge in [0, 0.05) is 26.7 Å². The molecule has 1 aliphatic rings. The predicted molar refractivity (Wildman–Crippen MR) is 63.6 cm³/mol. The number of carbonyl (C=O) groups is 2. The van der Waals surface area contributed by atoms with Crippen LogP contribution in [0, 0.1) is 5.92 Å². The van der Waals surface area contributed by atoms with Gasteiger partial charge in [-0.3, -0.25) is 9.69 Å². The highest BCUT2D eigenvalue weighted by molar-refractivity contribution is 5.85. The largest absolute Gasteiger partial charge is 0.449 e. The van der Waals surface area contributed by atoms with E-state index in [0.717, 1.165) is 0 Å². The Morgan fingerprint density at radius 3 is 2.82 bits per heavy atom. The lowest BCUT2D eigenvalue weighted by molar-refractivity contribution is -0.126. The molecule has 17 heavy (non-hydrogen) atoms. The van der Waals surface area contributed by atoms with Gasteiger partial charge < -0.3 is 15.4 Å². The molecule has 1 unspecified atom stereocenters. The van der Waals surface area contributed by atoms with Crippen LogP contribution in [-0.2, 0) is 9.53 Å². The standard InChI is InChI=1S/C11H21N3O3/c1-8(2)7-17-11(16)14-5-4-13-6-9(14)10(15)12-3/h8-9,13H,4-7H2,1-3H3,(H,12,15). The fourth-order valence-electron chi connectivity index (χ4n) is 1.64. The van der Waals surface area contributed by atoms with Gasteiger partial charge in [-0.2, -0.15) is 0 Å². The van der Waals surface area contributed by atoms with Crippen molar-refractivity contribution in [1.82, 2.24) is 15.5 Å². The Balaban J connectivity index is 2.58. The number of hydrogen-bond donors (Lipinski definition) is 2. The zero-order valence-electron chi connectivity index (χ0n) is 10.7. The second-order valence-electron chi connectivity index (χ2n) is 4.50. The molecule has 0 radical (unpaired) electrons. The van der Waals surface area contributed by atoms with Crippen LogP contribution in [0.3, 0.4) is 0 Å². The van der Waals surface area contributed by atoms with Crippen molar-refractivity contribution in [3.63, 3.8) is 0 Å². The summed E-state index contributed by atoms with van der Waals surface area (Å²) >= 11 is 0. The third kappa shape index (κ3) is 3.89. The Hall–Kier alpha value is -1.30. The zero-order chi connectivity index (χ0) is 12.8. The summed E-state index contributed by atoms with van der Waals surface area (Å²) in [6.45, 7) is 5.97. The number of nitrogens with zero attached hydrogens (tertiary/aromatic N) is 1. The van der Waals surface area contributed by atoms with E-state index in [9.17, 15) is 9.59 Å². The monoisotopic (exact) mass is 243 g/mol. The van der Waals surface area contributed by atoms with E-state index in [-0.39, 0.29) is 5.91 Å². The van der Waals surface area contributed by atoms with Crippen molar-refractivity contribution in [2.45, 2.75) is 19.9 Å². The molecular weight excluding hydrogens is 222 g/mol. The highest BCUT2D eigenvalue weighted by Gasteiger charge is 2.32. The lowest BCUT2D eigenvalue weighted by Crippen LogP contribution is -2.59. The van der Waals surface area contributed by atoms with E-state index in [0.29, 0.717) is 32.2 Å². The first kappa shape index (κ1) is 13.8. The van der Waals surface area contributed by atoms with Crippen LogP contribution < -0.4 is 10.6 Å². The van der Waals surface area contributed by atoms with Gasteiger partial charge in [0.05, 0.1) is 6.61 Å². The molecule has 1 aliphatic heterocycles. The topological polar surface area (TPSA) is 70.7 Å². The first-order valence-electron chi connectivity index (χ1n) is 5.92. The summed E-state index contributed by atoms with van der Waals surface area (Å²) in [5, 5.41) is 5.65. The number of amides is 2. The fraction of sp³-hybridized carbons (Fsp3) is 0.818. The molecule has 1 fully saturated rings. The number of ether oxygens (including phenoxy) is 1. The molecule has 2 amide bonds. The Morgan fingerprint density at radius 2 is 2.24 bits per heavy atom. The van der Waals surface area contributed by atoms with Crippen molar-refractivity contribution in [2.75, 3.05) is 33.3 Å². The van der Waals surface area contributed by atoms with Gasteiger partial charge in [0.25, 0.3) is 0 Å². The lowest BCUT2D eigenvalue weighted by Gasteiger charge is -2.34. The van der Waals surface area contributed by atoms with Gasteiger partial charge in [-0.05, 0) is 5.92 Å². The number of rotatable bonds is 3. The van der Waals surface area contributed by atoms with Gasteiger partial charge in [0.15, 0.2) is 0 Å². The van der Waals surface area contributed by atoms with Crippen molar-refractivity contribution in [2.24, 2.45) is 5.92 Å². The van der Waals surface area contributed by atoms with E-state index < -0.39 is 12.1 Å². The van der Waals surface area contributed by atoms with Crippen LogP contribution in [0.2, 0.25) is 0 Å². The van der Waals surface area contributed by atoms with Gasteiger partial charge in [0.1, 0.15) is 6.04 Å². The Bertz CT molecular complexity index is 281. The molecule has 6 nitrogen and oxygen atoms in total. The Labute approximate surface area is 102 Å². The molecule has 0 spiro atoms. The highest BCUT2D eigenvalue weighted by Crippen LogP contribution is 2.07. The van der Waals surface area contributed by atoms with Gasteiger partial charge in [-0.25, -0.2) is 4.79 Å². The molecule has 1 saturated heterocycles. The van der Waals surface area contributed by atoms with Crippen LogP contribution in [0.15, 0.2) is 0 Å². The van der Waals surface area contributed by atoms with Crippen LogP contribution in [-0.4, -0.2) is 56.2 Å². The van der Waals surface area contributed by atoms with Crippen LogP contribution in [0.4, 0.5) is 4.79 Å². The van der Waals surface area contributed by atoms with Crippen molar-refractivity contribution < 1.29 is 14.3 Å². The molecular formula is C11H21N3O3. The molecule has 0 bridgehead atoms. The smallest absolute Gasteiger partial charge is 0.410 e. The maximum atomic E-state index is 11.8. The van der Waals surface area contributed by atoms with E-state index in [1.165, 1.54) is 4.90 Å². The number of piperazine rings is 1. The van der Waals surface area contributed by atoms with E-state index in [1.54, 1.807) is 7.05 Å². The third-order valence-corrected chi connectivity index (χ3v) is 2.57. The molecule has 98 valence electrons. The first-order chi connectivity index (χ1) is 8.06. The fourth-order valence-corrected chi connectivity index (χ4v) is 1.64. The Kier molecular flexibility index (Phi) is 5.21. The molecule has 1 heterocycles. The second kappa shape index (κ2) is 6.44. The maximum absolute atomic E-state index is 11.8. The zero-order valence-corrected chi connectivity index (χ0v) is 10.7. The molecule has 0 aromatic rings. The highest BCUT2D eigenvalue weighted by atomic mass is 16.6. The quantitative estimate of drug-likeness (QED) is 0.720. The minimum Gasteiger partial charge on any atom is -0.449 e. The molecule has 1 rings (SSSR count). The van der Waals surface area contributed by atoms with Crippen molar-refractivity contribution >= 4 is 12.0 Å². The van der Waals surface area contributed by atoms with Gasteiger partial charge in [0.2, 0.25) is 5.91 Å². The third-order valence-electron chi connectivity index (χ3n) is 2.57. The minimum atomic E-state index is -0.478. The van der Waals surface area contributed by atoms with E-state index in [2.05, 4.69) is 10.6 Å². The second-order valence-corrected chi connectivity index (χ2v) is 4.50. The van der Waals surface area contributed by atoms with Crippen molar-refractivity contribution in [3.8, 4) is 0 Å². The normalized spacial score (nSPS) is 20.2. The summed E-state index contributed by atoms with van der Waals surface area (Å²) in [6, 6.07) is -0.478. The summed E-state index contributed by atoms with van der Waals surface area (Å²) in [5.41, 5.74) is 0. The van der Waals surface area contributed by atoms with E-state index in [1.807, 2.05) is 13.8 Å². The number of carbonyl (C=O) groups excluding carboxylic acids is 2. The van der Waals surface area contributed by atoms with Crippen LogP contribution in [0.1, 0.15) is 13.8 Å². The van der Waals surface area contributed by atoms with E-state index in [4.69, 9.17) is 4.74 Å². The van der Waals surface area contributed by atoms with Gasteiger partial charge in [-0.1, -0.05) is 13.8 Å². The van der Waals surface area contributed by atoms with E-state index >= 15 is 0 Å². The van der Waals surface area contributed by atoms with Crippen LogP contribution >= 0.6 is 0 Å². The SMILES string of the molecule is CNC(=O)C1CNCCN1C(=O)OCC(C)C. The minimum absolute atomic E-state index is 0.168.